The number of hydrogen-bond acceptors (Lipinski definition) is 5. The fourth-order valence-electron chi connectivity index (χ4n) is 3.10. The van der Waals surface area contributed by atoms with Crippen LogP contribution >= 0.6 is 27.5 Å². The Hall–Kier alpha value is -2.64. The first-order chi connectivity index (χ1) is 13.9. The van der Waals surface area contributed by atoms with E-state index in [4.69, 9.17) is 22.1 Å². The molecule has 0 bridgehead atoms. The summed E-state index contributed by atoms with van der Waals surface area (Å²) in [5.74, 6) is 1.61. The van der Waals surface area contributed by atoms with Gasteiger partial charge in [-0.3, -0.25) is 4.98 Å². The summed E-state index contributed by atoms with van der Waals surface area (Å²) in [5.41, 5.74) is 9.50. The minimum Gasteiger partial charge on any atom is -0.496 e. The molecule has 1 atom stereocenters. The number of nitrogen functional groups attached to an aromatic ring is 1. The van der Waals surface area contributed by atoms with Crippen LogP contribution in [0.2, 0.25) is 5.02 Å². The molecule has 3 rings (SSSR count). The summed E-state index contributed by atoms with van der Waals surface area (Å²) < 4.78 is 6.50. The molecule has 6 nitrogen and oxygen atoms in total. The maximum atomic E-state index is 6.61. The van der Waals surface area contributed by atoms with Gasteiger partial charge >= 0.3 is 0 Å². The van der Waals surface area contributed by atoms with E-state index in [9.17, 15) is 0 Å². The average molecular weight is 475 g/mol. The van der Waals surface area contributed by atoms with E-state index >= 15 is 0 Å². The Balaban J connectivity index is 2.24. The van der Waals surface area contributed by atoms with Crippen LogP contribution in [0.1, 0.15) is 29.8 Å². The highest BCUT2D eigenvalue weighted by molar-refractivity contribution is 9.10. The van der Waals surface area contributed by atoms with E-state index in [0.717, 1.165) is 28.0 Å². The molecule has 1 aromatic carbocycles. The Bertz CT molecular complexity index is 1070. The predicted molar refractivity (Wildman–Crippen MR) is 120 cm³/mol. The number of halogens is 2. The van der Waals surface area contributed by atoms with Crippen molar-refractivity contribution in [1.29, 1.82) is 0 Å². The zero-order valence-electron chi connectivity index (χ0n) is 16.3. The molecule has 0 amide bonds. The van der Waals surface area contributed by atoms with Gasteiger partial charge in [-0.15, -0.1) is 0 Å². The van der Waals surface area contributed by atoms with Gasteiger partial charge in [0.1, 0.15) is 17.4 Å². The third-order valence-corrected chi connectivity index (χ3v) is 5.38. The van der Waals surface area contributed by atoms with Crippen LogP contribution in [0.15, 0.2) is 53.7 Å². The monoisotopic (exact) mass is 473 g/mol. The van der Waals surface area contributed by atoms with Gasteiger partial charge in [0.05, 0.1) is 11.7 Å². The largest absolute Gasteiger partial charge is 0.496 e. The van der Waals surface area contributed by atoms with Gasteiger partial charge in [0.25, 0.3) is 0 Å². The van der Waals surface area contributed by atoms with Gasteiger partial charge < -0.3 is 15.5 Å². The van der Waals surface area contributed by atoms with Crippen LogP contribution in [-0.4, -0.2) is 27.0 Å². The van der Waals surface area contributed by atoms with Crippen LogP contribution < -0.4 is 10.5 Å². The zero-order chi connectivity index (χ0) is 21.0. The number of methoxy groups -OCH3 is 1. The second-order valence-corrected chi connectivity index (χ2v) is 7.69. The first kappa shape index (κ1) is 21.1. The number of H-pyrrole nitrogens is 1. The lowest BCUT2D eigenvalue weighted by atomic mass is 9.91. The van der Waals surface area contributed by atoms with Crippen LogP contribution in [0.5, 0.6) is 5.75 Å². The zero-order valence-corrected chi connectivity index (χ0v) is 18.6. The molecule has 0 fully saturated rings. The number of nitrogens with one attached hydrogen (secondary N) is 1. The summed E-state index contributed by atoms with van der Waals surface area (Å²) in [7, 11) is 1.65. The van der Waals surface area contributed by atoms with Crippen molar-refractivity contribution in [3.8, 4) is 16.9 Å². The van der Waals surface area contributed by atoms with Crippen LogP contribution in [0, 0.1) is 6.92 Å². The van der Waals surface area contributed by atoms with Crippen molar-refractivity contribution in [3.05, 3.63) is 75.6 Å². The standard InChI is InChI=1S/C21H21BrClN5O/c1-12(21-27-8-7-26-18(24)10-17(22)28-21)15-9-16(23)13(2)19(20(15)29-3)14-5-4-6-25-11-14/h4-12H,1-3H3,(H2,24,26)(H,27,28)/t12-/m1/s1. The van der Waals surface area contributed by atoms with Crippen LogP contribution in [0.25, 0.3) is 11.1 Å². The number of aromatic nitrogens is 4. The van der Waals surface area contributed by atoms with Crippen molar-refractivity contribution in [2.45, 2.75) is 19.8 Å². The molecule has 0 aliphatic carbocycles. The van der Waals surface area contributed by atoms with Crippen LogP contribution in [0.4, 0.5) is 5.82 Å². The van der Waals surface area contributed by atoms with Crippen molar-refractivity contribution >= 4 is 33.3 Å². The molecule has 2 aromatic heterocycles. The van der Waals surface area contributed by atoms with Crippen LogP contribution in [-0.2, 0) is 0 Å². The fraction of sp³-hybridized carbons (Fsp3) is 0.190. The minimum atomic E-state index is -0.164. The number of ether oxygens (including phenoxy) is 1. The molecule has 8 heteroatoms. The van der Waals surface area contributed by atoms with E-state index in [1.807, 2.05) is 32.0 Å². The molecule has 0 saturated heterocycles. The predicted octanol–water partition coefficient (Wildman–Crippen LogP) is 5.46. The van der Waals surface area contributed by atoms with E-state index < -0.39 is 0 Å². The number of anilines is 1. The van der Waals surface area contributed by atoms with Gasteiger partial charge in [0.2, 0.25) is 0 Å². The third-order valence-electron chi connectivity index (χ3n) is 4.56. The molecule has 29 heavy (non-hydrogen) atoms. The fourth-order valence-corrected chi connectivity index (χ4v) is 3.75. The van der Waals surface area contributed by atoms with E-state index in [2.05, 4.69) is 35.9 Å². The summed E-state index contributed by atoms with van der Waals surface area (Å²) in [5, 5.41) is 0.646. The van der Waals surface area contributed by atoms with E-state index in [1.165, 1.54) is 0 Å². The summed E-state index contributed by atoms with van der Waals surface area (Å²) in [6.07, 6.45) is 6.68. The Morgan fingerprint density at radius 1 is 1.21 bits per heavy atom. The topological polar surface area (TPSA) is 89.7 Å². The van der Waals surface area contributed by atoms with Crippen molar-refractivity contribution < 1.29 is 4.74 Å². The van der Waals surface area contributed by atoms with Gasteiger partial charge in [-0.05, 0) is 40.5 Å². The van der Waals surface area contributed by atoms with Crippen LogP contribution in [0.3, 0.4) is 0 Å². The van der Waals surface area contributed by atoms with Gasteiger partial charge in [-0.1, -0.05) is 24.6 Å². The molecule has 0 saturated carbocycles. The van der Waals surface area contributed by atoms with Crippen molar-refractivity contribution in [2.75, 3.05) is 12.8 Å². The summed E-state index contributed by atoms with van der Waals surface area (Å²) in [6.45, 7) is 4.00. The van der Waals surface area contributed by atoms with Gasteiger partial charge in [-0.25, -0.2) is 9.97 Å². The second kappa shape index (κ2) is 9.24. The lowest BCUT2D eigenvalue weighted by molar-refractivity contribution is 0.409. The Morgan fingerprint density at radius 2 is 1.97 bits per heavy atom. The number of aromatic amines is 1. The minimum absolute atomic E-state index is 0.164. The maximum absolute atomic E-state index is 6.61. The lowest BCUT2D eigenvalue weighted by Crippen LogP contribution is -2.06. The number of pyridine rings is 1. The highest BCUT2D eigenvalue weighted by atomic mass is 79.9. The molecule has 2 heterocycles. The molecule has 3 aromatic rings. The first-order valence-corrected chi connectivity index (χ1v) is 10.1. The van der Waals surface area contributed by atoms with Crippen molar-refractivity contribution in [2.24, 2.45) is 0 Å². The quantitative estimate of drug-likeness (QED) is 0.524. The van der Waals surface area contributed by atoms with Crippen molar-refractivity contribution in [3.63, 3.8) is 0 Å². The average Bonchev–Trinajstić information content (AvgIpc) is 2.79. The first-order valence-electron chi connectivity index (χ1n) is 8.90. The molecule has 3 N–H and O–H groups in total. The maximum Gasteiger partial charge on any atom is 0.131 e. The smallest absolute Gasteiger partial charge is 0.131 e. The molecular weight excluding hydrogens is 454 g/mol. The molecule has 0 unspecified atom stereocenters. The Morgan fingerprint density at radius 3 is 2.66 bits per heavy atom. The van der Waals surface area contributed by atoms with E-state index in [0.29, 0.717) is 21.3 Å². The Labute approximate surface area is 183 Å². The number of nitrogens with two attached hydrogens (primary N) is 1. The highest BCUT2D eigenvalue weighted by Crippen LogP contribution is 2.43. The Kier molecular flexibility index (Phi) is 6.71. The number of nitrogens with zero attached hydrogens (tertiary/aromatic N) is 3. The molecule has 0 aliphatic heterocycles. The normalized spacial score (nSPS) is 11.6. The number of benzene rings is 1. The van der Waals surface area contributed by atoms with Gasteiger partial charge in [0, 0.05) is 58.5 Å². The van der Waals surface area contributed by atoms with E-state index in [1.54, 1.807) is 38.0 Å². The molecule has 150 valence electrons. The summed E-state index contributed by atoms with van der Waals surface area (Å²) in [6, 6.07) is 7.47. The molecule has 0 aliphatic rings. The second-order valence-electron chi connectivity index (χ2n) is 6.43. The molecule has 0 radical (unpaired) electrons. The van der Waals surface area contributed by atoms with Gasteiger partial charge in [-0.2, -0.15) is 0 Å². The summed E-state index contributed by atoms with van der Waals surface area (Å²) in [4.78, 5) is 16.1. The summed E-state index contributed by atoms with van der Waals surface area (Å²) >= 11 is 10.1. The number of hydrogen-bond donors (Lipinski definition) is 2. The third kappa shape index (κ3) is 4.68. The van der Waals surface area contributed by atoms with Crippen molar-refractivity contribution in [1.82, 2.24) is 19.9 Å². The molecular formula is C21H21BrClN5O. The molecule has 0 spiro atoms. The highest BCUT2D eigenvalue weighted by Gasteiger charge is 2.22. The van der Waals surface area contributed by atoms with Gasteiger partial charge in [0.15, 0.2) is 0 Å². The number of rotatable bonds is 4. The SMILES string of the molecule is COc1c([C@@H](C)c2nccnc(N)cc(Br)[nH]2)cc(Cl)c(C)c1-c1cccnc1. The van der Waals surface area contributed by atoms with E-state index in [-0.39, 0.29) is 5.92 Å². The lowest BCUT2D eigenvalue weighted by Gasteiger charge is -2.21.